The number of hydrogen-bond acceptors (Lipinski definition) is 1. The van der Waals surface area contributed by atoms with Crippen LogP contribution in [0.5, 0.6) is 0 Å². The fraction of sp³-hybridized carbons (Fsp3) is 1.00. The molecule has 0 aliphatic carbocycles. The van der Waals surface area contributed by atoms with E-state index in [4.69, 9.17) is 0 Å². The summed E-state index contributed by atoms with van der Waals surface area (Å²) in [6.07, 6.45) is 1.33. The van der Waals surface area contributed by atoms with Crippen LogP contribution >= 0.6 is 0 Å². The van der Waals surface area contributed by atoms with E-state index in [2.05, 4.69) is 17.3 Å². The minimum Gasteiger partial charge on any atom is -0.657 e. The van der Waals surface area contributed by atoms with Gasteiger partial charge in [-0.3, -0.25) is 0 Å². The minimum absolute atomic E-state index is 0. The molecule has 2 fully saturated rings. The molecule has 51 valence electrons. The zero-order valence-corrected chi connectivity index (χ0v) is 7.01. The first-order chi connectivity index (χ1) is 3.86. The van der Waals surface area contributed by atoms with Gasteiger partial charge < -0.3 is 10.2 Å². The van der Waals surface area contributed by atoms with E-state index in [-0.39, 0.29) is 18.6 Å². The van der Waals surface area contributed by atoms with E-state index in [1.807, 2.05) is 0 Å². The molecule has 2 bridgehead atoms. The van der Waals surface area contributed by atoms with Crippen LogP contribution in [0.3, 0.4) is 0 Å². The molecule has 2 nitrogen and oxygen atoms in total. The van der Waals surface area contributed by atoms with E-state index < -0.39 is 0 Å². The van der Waals surface area contributed by atoms with Gasteiger partial charge in [0.25, 0.3) is 0 Å². The smallest absolute Gasteiger partial charge is 0 e. The largest absolute Gasteiger partial charge is 0.657 e. The third-order valence-corrected chi connectivity index (χ3v) is 2.24. The maximum absolute atomic E-state index is 4.41. The average Bonchev–Trinajstić information content (AvgIpc) is 2.23. The van der Waals surface area contributed by atoms with Crippen molar-refractivity contribution in [3.05, 3.63) is 5.32 Å². The van der Waals surface area contributed by atoms with E-state index in [0.29, 0.717) is 6.04 Å². The summed E-state index contributed by atoms with van der Waals surface area (Å²) < 4.78 is 0. The second-order valence-electron chi connectivity index (χ2n) is 2.85. The van der Waals surface area contributed by atoms with Crippen LogP contribution in [0.1, 0.15) is 6.42 Å². The Balaban J connectivity index is 0.000000405. The number of fused-ring (bicyclic) bond motifs is 2. The van der Waals surface area contributed by atoms with Crippen molar-refractivity contribution in [3.8, 4) is 0 Å². The van der Waals surface area contributed by atoms with Crippen molar-refractivity contribution in [3.63, 3.8) is 0 Å². The fourth-order valence-electron chi connectivity index (χ4n) is 1.67. The number of likely N-dealkylation sites (N-methyl/N-ethyl adjacent to an activating group) is 1. The summed E-state index contributed by atoms with van der Waals surface area (Å²) in [6, 6.07) is 1.50. The Labute approximate surface area is 67.9 Å². The second-order valence-corrected chi connectivity index (χ2v) is 2.85. The van der Waals surface area contributed by atoms with E-state index >= 15 is 0 Å². The van der Waals surface area contributed by atoms with Crippen LogP contribution in [0, 0.1) is 0 Å². The Morgan fingerprint density at radius 1 is 1.56 bits per heavy atom. The van der Waals surface area contributed by atoms with Crippen LogP contribution in [0.2, 0.25) is 0 Å². The Hall–Kier alpha value is 0.504. The molecule has 0 aromatic heterocycles. The van der Waals surface area contributed by atoms with E-state index in [9.17, 15) is 0 Å². The van der Waals surface area contributed by atoms with Crippen molar-refractivity contribution in [1.29, 1.82) is 0 Å². The van der Waals surface area contributed by atoms with Gasteiger partial charge in [0.2, 0.25) is 0 Å². The van der Waals surface area contributed by atoms with Crippen LogP contribution in [0.25, 0.3) is 5.32 Å². The molecule has 2 saturated heterocycles. The predicted molar refractivity (Wildman–Crippen MR) is 33.0 cm³/mol. The summed E-state index contributed by atoms with van der Waals surface area (Å²) in [5, 5.41) is 4.41. The SMILES string of the molecule is CN1CC2CC1C[N-]2.[V]. The van der Waals surface area contributed by atoms with Gasteiger partial charge >= 0.3 is 0 Å². The second kappa shape index (κ2) is 2.63. The molecule has 0 aromatic carbocycles. The molecule has 9 heavy (non-hydrogen) atoms. The fourth-order valence-corrected chi connectivity index (χ4v) is 1.67. The van der Waals surface area contributed by atoms with Gasteiger partial charge in [-0.05, 0) is 19.6 Å². The van der Waals surface area contributed by atoms with Crippen molar-refractivity contribution >= 4 is 0 Å². The molecule has 2 unspecified atom stereocenters. The van der Waals surface area contributed by atoms with Gasteiger partial charge in [0, 0.05) is 18.6 Å². The quantitative estimate of drug-likeness (QED) is 0.505. The van der Waals surface area contributed by atoms with Crippen LogP contribution in [-0.4, -0.2) is 37.1 Å². The van der Waals surface area contributed by atoms with Crippen LogP contribution in [0.4, 0.5) is 0 Å². The number of piperazine rings is 1. The molecule has 2 atom stereocenters. The predicted octanol–water partition coefficient (Wildman–Crippen LogP) is 0.444. The van der Waals surface area contributed by atoms with Crippen LogP contribution in [0.15, 0.2) is 0 Å². The van der Waals surface area contributed by atoms with Gasteiger partial charge in [-0.2, -0.15) is 0 Å². The summed E-state index contributed by atoms with van der Waals surface area (Å²) in [7, 11) is 2.19. The molecule has 1 radical (unpaired) electrons. The molecular formula is C6H11N2V-. The Bertz CT molecular complexity index is 105. The molecule has 0 aromatic rings. The third kappa shape index (κ3) is 1.17. The normalized spacial score (nSPS) is 41.0. The number of hydrogen-bond donors (Lipinski definition) is 0. The molecule has 2 aliphatic rings. The molecule has 0 spiro atoms. The zero-order chi connectivity index (χ0) is 5.56. The Morgan fingerprint density at radius 3 is 2.56 bits per heavy atom. The van der Waals surface area contributed by atoms with Crippen molar-refractivity contribution in [2.24, 2.45) is 0 Å². The van der Waals surface area contributed by atoms with E-state index in [1.165, 1.54) is 13.0 Å². The summed E-state index contributed by atoms with van der Waals surface area (Å²) in [6.45, 7) is 2.31. The molecule has 0 saturated carbocycles. The topological polar surface area (TPSA) is 17.3 Å². The van der Waals surface area contributed by atoms with Crippen molar-refractivity contribution in [1.82, 2.24) is 4.90 Å². The number of nitrogens with zero attached hydrogens (tertiary/aromatic N) is 2. The van der Waals surface area contributed by atoms with Gasteiger partial charge in [-0.1, -0.05) is 6.42 Å². The standard InChI is InChI=1S/C6H11N2.V/c1-8-4-5-2-6(8)3-7-5;/h5-6H,2-4H2,1H3;/q-1;. The Morgan fingerprint density at radius 2 is 2.33 bits per heavy atom. The van der Waals surface area contributed by atoms with Gasteiger partial charge in [0.15, 0.2) is 0 Å². The first kappa shape index (κ1) is 7.61. The summed E-state index contributed by atoms with van der Waals surface area (Å²) >= 11 is 0. The van der Waals surface area contributed by atoms with E-state index in [1.54, 1.807) is 0 Å². The zero-order valence-electron chi connectivity index (χ0n) is 5.62. The minimum atomic E-state index is 0. The maximum Gasteiger partial charge on any atom is 0 e. The van der Waals surface area contributed by atoms with Crippen molar-refractivity contribution in [2.45, 2.75) is 18.5 Å². The average molecular weight is 162 g/mol. The molecule has 2 heterocycles. The maximum atomic E-state index is 4.41. The first-order valence-electron chi connectivity index (χ1n) is 3.23. The van der Waals surface area contributed by atoms with Crippen LogP contribution < -0.4 is 0 Å². The van der Waals surface area contributed by atoms with Gasteiger partial charge in [-0.15, -0.1) is 12.6 Å². The number of likely N-dealkylation sites (tertiary alicyclic amines) is 1. The summed E-state index contributed by atoms with van der Waals surface area (Å²) in [4.78, 5) is 2.41. The molecule has 0 amide bonds. The molecule has 0 N–H and O–H groups in total. The van der Waals surface area contributed by atoms with Crippen LogP contribution in [-0.2, 0) is 18.6 Å². The van der Waals surface area contributed by atoms with Gasteiger partial charge in [-0.25, -0.2) is 0 Å². The first-order valence-corrected chi connectivity index (χ1v) is 3.23. The van der Waals surface area contributed by atoms with Crippen molar-refractivity contribution < 1.29 is 18.6 Å². The number of rotatable bonds is 0. The van der Waals surface area contributed by atoms with Crippen molar-refractivity contribution in [2.75, 3.05) is 20.1 Å². The Kier molecular flexibility index (Phi) is 2.22. The van der Waals surface area contributed by atoms with Gasteiger partial charge in [0.05, 0.1) is 0 Å². The molecule has 3 heteroatoms. The van der Waals surface area contributed by atoms with E-state index in [0.717, 1.165) is 12.6 Å². The monoisotopic (exact) mass is 162 g/mol. The van der Waals surface area contributed by atoms with Gasteiger partial charge in [0.1, 0.15) is 0 Å². The summed E-state index contributed by atoms with van der Waals surface area (Å²) in [5.74, 6) is 0. The molecule has 2 aliphatic heterocycles. The third-order valence-electron chi connectivity index (χ3n) is 2.24. The summed E-state index contributed by atoms with van der Waals surface area (Å²) in [5.41, 5.74) is 0. The molecule has 2 rings (SSSR count). The molecular weight excluding hydrogens is 151 g/mol.